The number of piperidine rings is 1. The van der Waals surface area contributed by atoms with Gasteiger partial charge in [-0.1, -0.05) is 48.5 Å². The number of hydrogen-bond acceptors (Lipinski definition) is 3. The zero-order valence-corrected chi connectivity index (χ0v) is 20.9. The molecular weight excluding hydrogens is 454 g/mol. The van der Waals surface area contributed by atoms with Crippen molar-refractivity contribution in [3.8, 4) is 6.07 Å². The lowest BCUT2D eigenvalue weighted by Crippen LogP contribution is -2.38. The molecule has 0 saturated carbocycles. The molecule has 3 aromatic carbocycles. The highest BCUT2D eigenvalue weighted by molar-refractivity contribution is 7.89. The summed E-state index contributed by atoms with van der Waals surface area (Å²) in [5.41, 5.74) is 6.79. The minimum Gasteiger partial charge on any atom is -0.340 e. The average molecular weight is 484 g/mol. The number of hydrogen-bond donors (Lipinski definition) is 0. The molecule has 6 heteroatoms. The second-order valence-electron chi connectivity index (χ2n) is 9.35. The number of fused-ring (bicyclic) bond motifs is 1. The highest BCUT2D eigenvalue weighted by Crippen LogP contribution is 2.38. The molecule has 0 aliphatic carbocycles. The van der Waals surface area contributed by atoms with Crippen molar-refractivity contribution in [2.24, 2.45) is 0 Å². The molecule has 35 heavy (non-hydrogen) atoms. The van der Waals surface area contributed by atoms with Gasteiger partial charge in [-0.3, -0.25) is 0 Å². The lowest BCUT2D eigenvalue weighted by Gasteiger charge is -2.31. The Labute approximate surface area is 207 Å². The summed E-state index contributed by atoms with van der Waals surface area (Å²) in [7, 11) is -3.62. The third-order valence-electron chi connectivity index (χ3n) is 7.33. The molecule has 0 radical (unpaired) electrons. The first-order valence-electron chi connectivity index (χ1n) is 12.0. The predicted octanol–water partition coefficient (Wildman–Crippen LogP) is 5.75. The van der Waals surface area contributed by atoms with Gasteiger partial charge in [0.2, 0.25) is 10.0 Å². The lowest BCUT2D eigenvalue weighted by molar-refractivity contribution is 0.319. The van der Waals surface area contributed by atoms with Crippen molar-refractivity contribution >= 4 is 20.9 Å². The fourth-order valence-electron chi connectivity index (χ4n) is 5.39. The van der Waals surface area contributed by atoms with Crippen LogP contribution in [-0.4, -0.2) is 30.4 Å². The van der Waals surface area contributed by atoms with Crippen LogP contribution in [0.2, 0.25) is 0 Å². The normalized spacial score (nSPS) is 15.3. The number of sulfonamides is 1. The first-order chi connectivity index (χ1) is 16.9. The van der Waals surface area contributed by atoms with Crippen molar-refractivity contribution in [2.45, 2.75) is 44.0 Å². The van der Waals surface area contributed by atoms with Crippen molar-refractivity contribution in [2.75, 3.05) is 13.1 Å². The number of nitrogens with zero attached hydrogens (tertiary/aromatic N) is 3. The summed E-state index contributed by atoms with van der Waals surface area (Å²) in [4.78, 5) is 0.195. The summed E-state index contributed by atoms with van der Waals surface area (Å²) in [6, 6.07) is 25.4. The maximum Gasteiger partial charge on any atom is 0.243 e. The average Bonchev–Trinajstić information content (AvgIpc) is 3.16. The van der Waals surface area contributed by atoms with Gasteiger partial charge in [0, 0.05) is 36.2 Å². The number of para-hydroxylation sites is 1. The summed E-state index contributed by atoms with van der Waals surface area (Å²) in [5.74, 6) is 0.301. The Morgan fingerprint density at radius 3 is 2.40 bits per heavy atom. The van der Waals surface area contributed by atoms with Gasteiger partial charge in [-0.15, -0.1) is 0 Å². The van der Waals surface area contributed by atoms with Crippen LogP contribution in [0.1, 0.15) is 46.7 Å². The molecule has 1 aromatic heterocycles. The molecule has 1 aliphatic heterocycles. The van der Waals surface area contributed by atoms with Crippen LogP contribution in [0.3, 0.4) is 0 Å². The highest BCUT2D eigenvalue weighted by Gasteiger charge is 2.32. The van der Waals surface area contributed by atoms with E-state index in [1.54, 1.807) is 22.5 Å². The zero-order chi connectivity index (χ0) is 24.6. The third-order valence-corrected chi connectivity index (χ3v) is 9.23. The quantitative estimate of drug-likeness (QED) is 0.363. The van der Waals surface area contributed by atoms with E-state index in [2.05, 4.69) is 66.9 Å². The standard InChI is InChI=1S/C29H29N3O2S/c1-21-8-3-4-10-25(21)20-32-22(2)29(27-12-5-6-13-28(27)32)24-14-16-31(17-15-24)35(33,34)26-11-7-9-23(18-26)19-30/h3-13,18,24H,14-17,20H2,1-2H3. The maximum atomic E-state index is 13.2. The van der Waals surface area contributed by atoms with Gasteiger partial charge in [-0.05, 0) is 73.6 Å². The Morgan fingerprint density at radius 1 is 0.943 bits per heavy atom. The van der Waals surface area contributed by atoms with Gasteiger partial charge in [0.1, 0.15) is 0 Å². The first kappa shape index (κ1) is 23.3. The smallest absolute Gasteiger partial charge is 0.243 e. The molecule has 0 N–H and O–H groups in total. The fraction of sp³-hybridized carbons (Fsp3) is 0.276. The summed E-state index contributed by atoms with van der Waals surface area (Å²) in [6.07, 6.45) is 1.55. The van der Waals surface area contributed by atoms with Crippen LogP contribution in [-0.2, 0) is 16.6 Å². The van der Waals surface area contributed by atoms with Crippen LogP contribution in [0.15, 0.2) is 77.7 Å². The minimum absolute atomic E-state index is 0.195. The van der Waals surface area contributed by atoms with E-state index in [4.69, 9.17) is 5.26 Å². The largest absolute Gasteiger partial charge is 0.340 e. The van der Waals surface area contributed by atoms with Crippen LogP contribution >= 0.6 is 0 Å². The van der Waals surface area contributed by atoms with Gasteiger partial charge in [0.05, 0.1) is 16.5 Å². The lowest BCUT2D eigenvalue weighted by atomic mass is 9.88. The van der Waals surface area contributed by atoms with Gasteiger partial charge >= 0.3 is 0 Å². The van der Waals surface area contributed by atoms with Crippen molar-refractivity contribution in [1.29, 1.82) is 5.26 Å². The SMILES string of the molecule is Cc1ccccc1Cn1c(C)c(C2CCN(S(=O)(=O)c3cccc(C#N)c3)CC2)c2ccccc21. The number of rotatable bonds is 5. The van der Waals surface area contributed by atoms with E-state index in [0.29, 0.717) is 24.6 Å². The number of aryl methyl sites for hydroxylation is 1. The predicted molar refractivity (Wildman–Crippen MR) is 139 cm³/mol. The number of benzene rings is 3. The molecule has 0 spiro atoms. The van der Waals surface area contributed by atoms with Crippen molar-refractivity contribution in [3.05, 3.63) is 101 Å². The van der Waals surface area contributed by atoms with Crippen molar-refractivity contribution in [1.82, 2.24) is 8.87 Å². The molecule has 0 amide bonds. The van der Waals surface area contributed by atoms with Crippen LogP contribution in [0.4, 0.5) is 0 Å². The summed E-state index contributed by atoms with van der Waals surface area (Å²) in [5, 5.41) is 10.4. The summed E-state index contributed by atoms with van der Waals surface area (Å²) < 4.78 is 30.4. The van der Waals surface area contributed by atoms with Gasteiger partial charge < -0.3 is 4.57 Å². The Hall–Kier alpha value is -3.40. The van der Waals surface area contributed by atoms with E-state index >= 15 is 0 Å². The Morgan fingerprint density at radius 2 is 1.66 bits per heavy atom. The van der Waals surface area contributed by atoms with Crippen LogP contribution in [0.25, 0.3) is 10.9 Å². The summed E-state index contributed by atoms with van der Waals surface area (Å²) >= 11 is 0. The van der Waals surface area contributed by atoms with Gasteiger partial charge in [-0.2, -0.15) is 9.57 Å². The molecule has 1 saturated heterocycles. The molecule has 1 fully saturated rings. The molecular formula is C29H29N3O2S. The first-order valence-corrected chi connectivity index (χ1v) is 13.5. The van der Waals surface area contributed by atoms with E-state index in [1.807, 2.05) is 6.07 Å². The fourth-order valence-corrected chi connectivity index (χ4v) is 6.91. The van der Waals surface area contributed by atoms with E-state index in [0.717, 1.165) is 19.4 Å². The van der Waals surface area contributed by atoms with Crippen molar-refractivity contribution < 1.29 is 8.42 Å². The van der Waals surface area contributed by atoms with Crippen LogP contribution < -0.4 is 0 Å². The second kappa shape index (κ2) is 9.33. The van der Waals surface area contributed by atoms with E-state index in [1.165, 1.54) is 39.4 Å². The Balaban J connectivity index is 1.43. The molecule has 5 nitrogen and oxygen atoms in total. The minimum atomic E-state index is -3.62. The van der Waals surface area contributed by atoms with E-state index in [9.17, 15) is 8.42 Å². The van der Waals surface area contributed by atoms with Gasteiger partial charge in [0.15, 0.2) is 0 Å². The second-order valence-corrected chi connectivity index (χ2v) is 11.3. The molecule has 2 heterocycles. The highest BCUT2D eigenvalue weighted by atomic mass is 32.2. The van der Waals surface area contributed by atoms with Crippen molar-refractivity contribution in [3.63, 3.8) is 0 Å². The maximum absolute atomic E-state index is 13.2. The van der Waals surface area contributed by atoms with E-state index in [-0.39, 0.29) is 4.90 Å². The topological polar surface area (TPSA) is 66.1 Å². The molecule has 0 bridgehead atoms. The molecule has 0 atom stereocenters. The molecule has 4 aromatic rings. The number of aromatic nitrogens is 1. The van der Waals surface area contributed by atoms with E-state index < -0.39 is 10.0 Å². The zero-order valence-electron chi connectivity index (χ0n) is 20.1. The summed E-state index contributed by atoms with van der Waals surface area (Å²) in [6.45, 7) is 6.12. The van der Waals surface area contributed by atoms with Crippen LogP contribution in [0, 0.1) is 25.2 Å². The Kier molecular flexibility index (Phi) is 6.22. The molecule has 5 rings (SSSR count). The third kappa shape index (κ3) is 4.27. The number of nitriles is 1. The molecule has 178 valence electrons. The van der Waals surface area contributed by atoms with Gasteiger partial charge in [0.25, 0.3) is 0 Å². The van der Waals surface area contributed by atoms with Gasteiger partial charge in [-0.25, -0.2) is 8.42 Å². The van der Waals surface area contributed by atoms with Crippen LogP contribution in [0.5, 0.6) is 0 Å². The monoisotopic (exact) mass is 483 g/mol. The molecule has 1 aliphatic rings. The Bertz CT molecular complexity index is 1540. The molecule has 0 unspecified atom stereocenters.